The van der Waals surface area contributed by atoms with Gasteiger partial charge in [-0.05, 0) is 61.4 Å². The molecule has 34 heavy (non-hydrogen) atoms. The summed E-state index contributed by atoms with van der Waals surface area (Å²) in [4.78, 5) is 25.9. The molecule has 0 saturated carbocycles. The van der Waals surface area contributed by atoms with Crippen LogP contribution < -0.4 is 10.6 Å². The van der Waals surface area contributed by atoms with Gasteiger partial charge in [-0.1, -0.05) is 30.3 Å². The summed E-state index contributed by atoms with van der Waals surface area (Å²) in [6.45, 7) is 5.02. The zero-order valence-corrected chi connectivity index (χ0v) is 19.9. The fourth-order valence-corrected chi connectivity index (χ4v) is 4.61. The normalized spacial score (nSPS) is 10.9. The number of halogens is 1. The van der Waals surface area contributed by atoms with E-state index in [1.807, 2.05) is 62.5 Å². The zero-order chi connectivity index (χ0) is 24.1. The van der Waals surface area contributed by atoms with Gasteiger partial charge >= 0.3 is 0 Å². The molecule has 0 aliphatic rings. The van der Waals surface area contributed by atoms with Gasteiger partial charge in [0, 0.05) is 46.3 Å². The average molecular weight is 476 g/mol. The van der Waals surface area contributed by atoms with Gasteiger partial charge in [0.15, 0.2) is 0 Å². The maximum Gasteiger partial charge on any atom is 0.251 e. The Labute approximate surface area is 202 Å². The summed E-state index contributed by atoms with van der Waals surface area (Å²) in [5.41, 5.74) is 4.51. The van der Waals surface area contributed by atoms with E-state index in [0.717, 1.165) is 32.6 Å². The van der Waals surface area contributed by atoms with E-state index in [2.05, 4.69) is 15.2 Å². The molecule has 7 heteroatoms. The van der Waals surface area contributed by atoms with Crippen LogP contribution in [0.5, 0.6) is 0 Å². The minimum atomic E-state index is -0.372. The fourth-order valence-electron chi connectivity index (χ4n) is 3.72. The van der Waals surface area contributed by atoms with Crippen LogP contribution in [-0.4, -0.2) is 28.7 Å². The SMILES string of the molecule is Cc1cccc(NC(=O)CSc2cn(CCNC(=O)c3ccc(F)cc3)c3ccccc23)c1C. The number of amides is 2. The molecule has 0 aliphatic heterocycles. The molecule has 0 unspecified atom stereocenters. The summed E-state index contributed by atoms with van der Waals surface area (Å²) in [5, 5.41) is 6.95. The Morgan fingerprint density at radius 3 is 2.53 bits per heavy atom. The van der Waals surface area contributed by atoms with Crippen LogP contribution in [0.1, 0.15) is 21.5 Å². The van der Waals surface area contributed by atoms with Crippen LogP contribution in [0.2, 0.25) is 0 Å². The largest absolute Gasteiger partial charge is 0.350 e. The molecular formula is C27H26FN3O2S. The van der Waals surface area contributed by atoms with Gasteiger partial charge in [-0.15, -0.1) is 11.8 Å². The third-order valence-corrected chi connectivity index (χ3v) is 6.78. The summed E-state index contributed by atoms with van der Waals surface area (Å²) in [6, 6.07) is 19.4. The minimum Gasteiger partial charge on any atom is -0.350 e. The predicted molar refractivity (Wildman–Crippen MR) is 136 cm³/mol. The number of para-hydroxylation sites is 1. The molecule has 1 aromatic heterocycles. The Bertz CT molecular complexity index is 1330. The smallest absolute Gasteiger partial charge is 0.251 e. The molecule has 0 radical (unpaired) electrons. The van der Waals surface area contributed by atoms with E-state index in [1.165, 1.54) is 36.0 Å². The van der Waals surface area contributed by atoms with Gasteiger partial charge in [0.2, 0.25) is 5.91 Å². The first-order chi connectivity index (χ1) is 16.4. The number of carbonyl (C=O) groups is 2. The Morgan fingerprint density at radius 1 is 0.971 bits per heavy atom. The molecule has 4 aromatic rings. The lowest BCUT2D eigenvalue weighted by molar-refractivity contribution is -0.113. The monoisotopic (exact) mass is 475 g/mol. The first-order valence-corrected chi connectivity index (χ1v) is 12.0. The van der Waals surface area contributed by atoms with Crippen molar-refractivity contribution in [1.82, 2.24) is 9.88 Å². The van der Waals surface area contributed by atoms with E-state index < -0.39 is 0 Å². The van der Waals surface area contributed by atoms with Crippen molar-refractivity contribution < 1.29 is 14.0 Å². The number of benzene rings is 3. The summed E-state index contributed by atoms with van der Waals surface area (Å²) in [6.07, 6.45) is 2.02. The first-order valence-electron chi connectivity index (χ1n) is 11.0. The van der Waals surface area contributed by atoms with E-state index in [9.17, 15) is 14.0 Å². The van der Waals surface area contributed by atoms with Crippen LogP contribution in [-0.2, 0) is 11.3 Å². The number of aryl methyl sites for hydroxylation is 1. The van der Waals surface area contributed by atoms with E-state index in [-0.39, 0.29) is 17.6 Å². The summed E-state index contributed by atoms with van der Waals surface area (Å²) < 4.78 is 15.1. The molecule has 0 saturated heterocycles. The zero-order valence-electron chi connectivity index (χ0n) is 19.1. The lowest BCUT2D eigenvalue weighted by Crippen LogP contribution is -2.27. The quantitative estimate of drug-likeness (QED) is 0.328. The number of anilines is 1. The predicted octanol–water partition coefficient (Wildman–Crippen LogP) is 5.56. The van der Waals surface area contributed by atoms with Gasteiger partial charge in [0.25, 0.3) is 5.91 Å². The molecule has 5 nitrogen and oxygen atoms in total. The number of thioether (sulfide) groups is 1. The second-order valence-corrected chi connectivity index (χ2v) is 9.07. The molecule has 174 valence electrons. The van der Waals surface area contributed by atoms with Crippen molar-refractivity contribution in [3.8, 4) is 0 Å². The first kappa shape index (κ1) is 23.6. The average Bonchev–Trinajstić information content (AvgIpc) is 3.19. The number of nitrogens with zero attached hydrogens (tertiary/aromatic N) is 1. The van der Waals surface area contributed by atoms with Crippen molar-refractivity contribution in [2.45, 2.75) is 25.3 Å². The van der Waals surface area contributed by atoms with E-state index in [4.69, 9.17) is 0 Å². The van der Waals surface area contributed by atoms with Crippen molar-refractivity contribution in [3.63, 3.8) is 0 Å². The number of aromatic nitrogens is 1. The minimum absolute atomic E-state index is 0.0536. The fraction of sp³-hybridized carbons (Fsp3) is 0.185. The Hall–Kier alpha value is -3.58. The molecule has 4 rings (SSSR count). The molecule has 3 aromatic carbocycles. The molecule has 0 spiro atoms. The Kier molecular flexibility index (Phi) is 7.33. The number of rotatable bonds is 8. The highest BCUT2D eigenvalue weighted by Crippen LogP contribution is 2.30. The molecule has 0 aliphatic carbocycles. The maximum atomic E-state index is 13.1. The van der Waals surface area contributed by atoms with E-state index >= 15 is 0 Å². The molecule has 0 atom stereocenters. The lowest BCUT2D eigenvalue weighted by Gasteiger charge is -2.10. The summed E-state index contributed by atoms with van der Waals surface area (Å²) >= 11 is 1.49. The van der Waals surface area contributed by atoms with Gasteiger partial charge in [-0.2, -0.15) is 0 Å². The van der Waals surface area contributed by atoms with Gasteiger partial charge in [0.05, 0.1) is 5.75 Å². The second kappa shape index (κ2) is 10.6. The lowest BCUT2D eigenvalue weighted by atomic mass is 10.1. The van der Waals surface area contributed by atoms with Gasteiger partial charge in [-0.25, -0.2) is 4.39 Å². The standard InChI is InChI=1S/C27H26FN3O2S/c1-18-6-5-8-23(19(18)2)30-26(32)17-34-25-16-31(24-9-4-3-7-22(24)25)15-14-29-27(33)20-10-12-21(28)13-11-20/h3-13,16H,14-15,17H2,1-2H3,(H,29,33)(H,30,32). The number of fused-ring (bicyclic) bond motifs is 1. The Balaban J connectivity index is 1.39. The van der Waals surface area contributed by atoms with Crippen LogP contribution in [0.15, 0.2) is 77.8 Å². The number of nitrogens with one attached hydrogen (secondary N) is 2. The van der Waals surface area contributed by atoms with Gasteiger partial charge < -0.3 is 15.2 Å². The third kappa shape index (κ3) is 5.48. The molecule has 1 heterocycles. The summed E-state index contributed by atoms with van der Waals surface area (Å²) in [5.74, 6) is -0.373. The molecule has 0 bridgehead atoms. The van der Waals surface area contributed by atoms with Crippen molar-refractivity contribution in [3.05, 3.63) is 95.4 Å². The van der Waals surface area contributed by atoms with Gasteiger partial charge in [-0.3, -0.25) is 9.59 Å². The molecule has 0 fully saturated rings. The molecular weight excluding hydrogens is 449 g/mol. The van der Waals surface area contributed by atoms with E-state index in [1.54, 1.807) is 0 Å². The summed E-state index contributed by atoms with van der Waals surface area (Å²) in [7, 11) is 0. The van der Waals surface area contributed by atoms with Crippen LogP contribution in [0.25, 0.3) is 10.9 Å². The number of hydrogen-bond acceptors (Lipinski definition) is 3. The van der Waals surface area contributed by atoms with Gasteiger partial charge in [0.1, 0.15) is 5.82 Å². The van der Waals surface area contributed by atoms with Crippen LogP contribution in [0.4, 0.5) is 10.1 Å². The third-order valence-electron chi connectivity index (χ3n) is 5.73. The van der Waals surface area contributed by atoms with Crippen molar-refractivity contribution >= 4 is 40.2 Å². The van der Waals surface area contributed by atoms with Crippen molar-refractivity contribution in [2.24, 2.45) is 0 Å². The number of hydrogen-bond donors (Lipinski definition) is 2. The second-order valence-electron chi connectivity index (χ2n) is 8.05. The topological polar surface area (TPSA) is 63.1 Å². The Morgan fingerprint density at radius 2 is 1.74 bits per heavy atom. The molecule has 2 amide bonds. The van der Waals surface area contributed by atoms with Crippen LogP contribution in [0, 0.1) is 19.7 Å². The van der Waals surface area contributed by atoms with Crippen molar-refractivity contribution in [1.29, 1.82) is 0 Å². The van der Waals surface area contributed by atoms with Crippen LogP contribution >= 0.6 is 11.8 Å². The van der Waals surface area contributed by atoms with E-state index in [0.29, 0.717) is 24.4 Å². The maximum absolute atomic E-state index is 13.1. The van der Waals surface area contributed by atoms with Crippen molar-refractivity contribution in [2.75, 3.05) is 17.6 Å². The molecule has 2 N–H and O–H groups in total. The highest BCUT2D eigenvalue weighted by atomic mass is 32.2. The highest BCUT2D eigenvalue weighted by Gasteiger charge is 2.12. The number of carbonyl (C=O) groups excluding carboxylic acids is 2. The highest BCUT2D eigenvalue weighted by molar-refractivity contribution is 8.00. The van der Waals surface area contributed by atoms with Crippen LogP contribution in [0.3, 0.4) is 0 Å².